The molecule has 2 aliphatic rings. The average Bonchev–Trinajstić information content (AvgIpc) is 3.14. The molecule has 2 aromatic rings. The van der Waals surface area contributed by atoms with Crippen molar-refractivity contribution in [2.24, 2.45) is 11.7 Å². The maximum absolute atomic E-state index is 13.8. The van der Waals surface area contributed by atoms with Crippen LogP contribution in [0.1, 0.15) is 42.1 Å². The minimum absolute atomic E-state index is 0.0930. The Labute approximate surface area is 191 Å². The van der Waals surface area contributed by atoms with E-state index >= 15 is 0 Å². The van der Waals surface area contributed by atoms with Crippen LogP contribution in [0.25, 0.3) is 0 Å². The zero-order valence-corrected chi connectivity index (χ0v) is 18.6. The maximum Gasteiger partial charge on any atom is 0.251 e. The fourth-order valence-corrected chi connectivity index (χ4v) is 4.41. The number of ether oxygens (including phenoxy) is 1. The zero-order valence-electron chi connectivity index (χ0n) is 17.8. The highest BCUT2D eigenvalue weighted by Crippen LogP contribution is 2.37. The normalized spacial score (nSPS) is 22.8. The Balaban J connectivity index is 1.56. The first-order chi connectivity index (χ1) is 15.2. The number of carbonyl (C=O) groups excluding carboxylic acids is 2. The predicted molar refractivity (Wildman–Crippen MR) is 123 cm³/mol. The molecule has 2 aromatic carbocycles. The number of carbonyl (C=O) groups is 2. The van der Waals surface area contributed by atoms with Gasteiger partial charge < -0.3 is 15.4 Å². The first-order valence-electron chi connectivity index (χ1n) is 10.5. The quantitative estimate of drug-likeness (QED) is 0.691. The molecule has 3 atom stereocenters. The van der Waals surface area contributed by atoms with Crippen LogP contribution >= 0.6 is 11.6 Å². The van der Waals surface area contributed by atoms with Gasteiger partial charge in [-0.05, 0) is 48.4 Å². The monoisotopic (exact) mass is 454 g/mol. The second kappa shape index (κ2) is 8.79. The van der Waals surface area contributed by atoms with Crippen LogP contribution in [0.15, 0.2) is 60.2 Å². The van der Waals surface area contributed by atoms with Crippen LogP contribution in [0.4, 0.5) is 10.1 Å². The standard InChI is InChI=1S/C25H24ClFN2O3/c1-14-4-3-5-15(2)24(14)32-22-10-16(6-8-20(22)26)17-11-23(30)29(13-17)18-7-9-21(27)19(12-18)25(28)31/h3-10,12,14,17,24H,11,13H2,1-2H3,(H2,28,31)/t14?,17-,24?/m0/s1. The highest BCUT2D eigenvalue weighted by atomic mass is 35.5. The Morgan fingerprint density at radius 3 is 2.75 bits per heavy atom. The van der Waals surface area contributed by atoms with E-state index in [2.05, 4.69) is 13.0 Å². The van der Waals surface area contributed by atoms with Gasteiger partial charge in [0.25, 0.3) is 5.91 Å². The summed E-state index contributed by atoms with van der Waals surface area (Å²) in [6.45, 7) is 4.51. The van der Waals surface area contributed by atoms with E-state index in [1.54, 1.807) is 11.0 Å². The van der Waals surface area contributed by atoms with Crippen LogP contribution in [0.5, 0.6) is 5.75 Å². The number of benzene rings is 2. The highest BCUT2D eigenvalue weighted by Gasteiger charge is 2.33. The van der Waals surface area contributed by atoms with Crippen LogP contribution in [0, 0.1) is 11.7 Å². The summed E-state index contributed by atoms with van der Waals surface area (Å²) in [5, 5.41) is 0.508. The van der Waals surface area contributed by atoms with Crippen molar-refractivity contribution >= 4 is 29.1 Å². The number of primary amides is 1. The molecule has 1 aliphatic carbocycles. The molecule has 4 rings (SSSR count). The molecule has 2 unspecified atom stereocenters. The Morgan fingerprint density at radius 2 is 2.03 bits per heavy atom. The minimum Gasteiger partial charge on any atom is -0.484 e. The van der Waals surface area contributed by atoms with Crippen molar-refractivity contribution in [1.82, 2.24) is 0 Å². The van der Waals surface area contributed by atoms with Crippen molar-refractivity contribution in [3.8, 4) is 5.75 Å². The summed E-state index contributed by atoms with van der Waals surface area (Å²) in [6.07, 6.45) is 6.31. The third-order valence-electron chi connectivity index (χ3n) is 6.03. The number of halogens is 2. The number of amides is 2. The number of rotatable bonds is 5. The van der Waals surface area contributed by atoms with Crippen molar-refractivity contribution in [3.63, 3.8) is 0 Å². The van der Waals surface area contributed by atoms with Crippen molar-refractivity contribution in [1.29, 1.82) is 0 Å². The lowest BCUT2D eigenvalue weighted by Crippen LogP contribution is -2.27. The van der Waals surface area contributed by atoms with Crippen molar-refractivity contribution in [2.75, 3.05) is 11.4 Å². The molecule has 0 saturated carbocycles. The summed E-state index contributed by atoms with van der Waals surface area (Å²) in [6, 6.07) is 9.52. The molecule has 166 valence electrons. The van der Waals surface area contributed by atoms with Gasteiger partial charge in [-0.15, -0.1) is 0 Å². The molecule has 2 N–H and O–H groups in total. The number of anilines is 1. The molecule has 0 bridgehead atoms. The topological polar surface area (TPSA) is 72.6 Å². The minimum atomic E-state index is -0.872. The number of nitrogens with zero attached hydrogens (tertiary/aromatic N) is 1. The maximum atomic E-state index is 13.8. The second-order valence-electron chi connectivity index (χ2n) is 8.32. The Morgan fingerprint density at radius 1 is 1.25 bits per heavy atom. The molecule has 1 aliphatic heterocycles. The van der Waals surface area contributed by atoms with Gasteiger partial charge in [0.05, 0.1) is 10.6 Å². The molecule has 0 radical (unpaired) electrons. The van der Waals surface area contributed by atoms with Crippen molar-refractivity contribution < 1.29 is 18.7 Å². The molecule has 0 spiro atoms. The Bertz CT molecular complexity index is 1140. The first-order valence-corrected chi connectivity index (χ1v) is 10.8. The van der Waals surface area contributed by atoms with Gasteiger partial charge in [-0.3, -0.25) is 9.59 Å². The number of hydrogen-bond donors (Lipinski definition) is 1. The van der Waals surface area contributed by atoms with E-state index in [1.807, 2.05) is 31.2 Å². The molecule has 0 aromatic heterocycles. The lowest BCUT2D eigenvalue weighted by Gasteiger charge is -2.27. The van der Waals surface area contributed by atoms with Crippen molar-refractivity contribution in [3.05, 3.63) is 82.2 Å². The van der Waals surface area contributed by atoms with Gasteiger partial charge in [-0.1, -0.05) is 42.8 Å². The van der Waals surface area contributed by atoms with Crippen LogP contribution in [0.3, 0.4) is 0 Å². The number of nitrogens with two attached hydrogens (primary N) is 1. The van der Waals surface area contributed by atoms with Gasteiger partial charge in [-0.25, -0.2) is 4.39 Å². The SMILES string of the molecule is CC1=CC=CC(C)C1Oc1cc([C@H]2CC(=O)N(c3ccc(F)c(C(N)=O)c3)C2)ccc1Cl. The van der Waals surface area contributed by atoms with Crippen LogP contribution in [0.2, 0.25) is 5.02 Å². The fraction of sp³-hybridized carbons (Fsp3) is 0.280. The summed E-state index contributed by atoms with van der Waals surface area (Å²) in [5.41, 5.74) is 7.50. The van der Waals surface area contributed by atoms with E-state index in [0.29, 0.717) is 23.0 Å². The van der Waals surface area contributed by atoms with E-state index in [0.717, 1.165) is 17.2 Å². The molecule has 1 saturated heterocycles. The molecule has 2 amide bonds. The molecule has 1 fully saturated rings. The van der Waals surface area contributed by atoms with Gasteiger partial charge >= 0.3 is 0 Å². The molecular formula is C25H24ClFN2O3. The van der Waals surface area contributed by atoms with Gasteiger partial charge in [-0.2, -0.15) is 0 Å². The van der Waals surface area contributed by atoms with Crippen LogP contribution in [-0.4, -0.2) is 24.5 Å². The average molecular weight is 455 g/mol. The Kier molecular flexibility index (Phi) is 6.07. The lowest BCUT2D eigenvalue weighted by atomic mass is 9.93. The van der Waals surface area contributed by atoms with Crippen molar-refractivity contribution in [2.45, 2.75) is 32.3 Å². The molecule has 1 heterocycles. The summed E-state index contributed by atoms with van der Waals surface area (Å²) in [5.74, 6) is -0.999. The number of hydrogen-bond acceptors (Lipinski definition) is 3. The second-order valence-corrected chi connectivity index (χ2v) is 8.72. The molecular weight excluding hydrogens is 431 g/mol. The summed E-state index contributed by atoms with van der Waals surface area (Å²) in [7, 11) is 0. The first kappa shape index (κ1) is 22.1. The molecule has 5 nitrogen and oxygen atoms in total. The van der Waals surface area contributed by atoms with E-state index in [1.165, 1.54) is 12.1 Å². The summed E-state index contributed by atoms with van der Waals surface area (Å²) < 4.78 is 20.1. The van der Waals surface area contributed by atoms with Gasteiger partial charge in [0.15, 0.2) is 0 Å². The fourth-order valence-electron chi connectivity index (χ4n) is 4.24. The largest absolute Gasteiger partial charge is 0.484 e. The number of allylic oxidation sites excluding steroid dienone is 2. The highest BCUT2D eigenvalue weighted by molar-refractivity contribution is 6.32. The van der Waals surface area contributed by atoms with E-state index in [4.69, 9.17) is 22.1 Å². The summed E-state index contributed by atoms with van der Waals surface area (Å²) >= 11 is 6.41. The molecule has 32 heavy (non-hydrogen) atoms. The van der Waals surface area contributed by atoms with Crippen LogP contribution < -0.4 is 15.4 Å². The smallest absolute Gasteiger partial charge is 0.251 e. The van der Waals surface area contributed by atoms with Gasteiger partial charge in [0.1, 0.15) is 17.7 Å². The Hall–Kier alpha value is -3.12. The molecule has 7 heteroatoms. The zero-order chi connectivity index (χ0) is 23.0. The summed E-state index contributed by atoms with van der Waals surface area (Å²) in [4.78, 5) is 25.8. The van der Waals surface area contributed by atoms with Crippen LogP contribution in [-0.2, 0) is 4.79 Å². The predicted octanol–water partition coefficient (Wildman–Crippen LogP) is 5.00. The lowest BCUT2D eigenvalue weighted by molar-refractivity contribution is -0.117. The van der Waals surface area contributed by atoms with E-state index < -0.39 is 11.7 Å². The van der Waals surface area contributed by atoms with E-state index in [9.17, 15) is 14.0 Å². The van der Waals surface area contributed by atoms with E-state index in [-0.39, 0.29) is 35.8 Å². The third-order valence-corrected chi connectivity index (χ3v) is 6.35. The van der Waals surface area contributed by atoms with Gasteiger partial charge in [0.2, 0.25) is 5.91 Å². The third kappa shape index (κ3) is 4.28. The van der Waals surface area contributed by atoms with Gasteiger partial charge in [0, 0.05) is 30.5 Å².